The quantitative estimate of drug-likeness (QED) is 0.788. The fourth-order valence-corrected chi connectivity index (χ4v) is 1.87. The lowest BCUT2D eigenvalue weighted by Gasteiger charge is -2.30. The van der Waals surface area contributed by atoms with E-state index < -0.39 is 0 Å². The average molecular weight is 292 g/mol. The average Bonchev–Trinajstić information content (AvgIpc) is 2.09. The summed E-state index contributed by atoms with van der Waals surface area (Å²) in [5, 5.41) is 3.14. The third-order valence-corrected chi connectivity index (χ3v) is 4.53. The minimum atomic E-state index is -0.139. The maximum atomic E-state index is 12.1. The Bertz CT molecular complexity index is 223. The van der Waals surface area contributed by atoms with Gasteiger partial charge in [0.25, 0.3) is 0 Å². The lowest BCUT2D eigenvalue weighted by molar-refractivity contribution is -0.123. The van der Waals surface area contributed by atoms with Crippen LogP contribution in [0.4, 0.5) is 0 Å². The van der Waals surface area contributed by atoms with Crippen molar-refractivity contribution in [3.05, 3.63) is 0 Å². The van der Waals surface area contributed by atoms with Gasteiger partial charge < -0.3 is 5.32 Å². The molecule has 0 saturated carbocycles. The summed E-state index contributed by atoms with van der Waals surface area (Å²) in [7, 11) is 0. The Morgan fingerprint density at radius 1 is 1.06 bits per heavy atom. The molecule has 96 valence electrons. The minimum Gasteiger partial charge on any atom is -0.352 e. The summed E-state index contributed by atoms with van der Waals surface area (Å²) in [6.45, 7) is 14.8. The van der Waals surface area contributed by atoms with E-state index in [1.165, 1.54) is 0 Å². The molecule has 1 atom stereocenters. The van der Waals surface area contributed by atoms with Crippen LogP contribution >= 0.6 is 15.9 Å². The van der Waals surface area contributed by atoms with Crippen LogP contribution in [0.5, 0.6) is 0 Å². The molecule has 16 heavy (non-hydrogen) atoms. The lowest BCUT2D eigenvalue weighted by Crippen LogP contribution is -2.47. The van der Waals surface area contributed by atoms with Gasteiger partial charge in [-0.05, 0) is 17.3 Å². The van der Waals surface area contributed by atoms with Crippen molar-refractivity contribution in [3.63, 3.8) is 0 Å². The molecule has 0 radical (unpaired) electrons. The first-order chi connectivity index (χ1) is 7.07. The second-order valence-corrected chi connectivity index (χ2v) is 7.17. The molecule has 0 fully saturated rings. The molecule has 0 aromatic carbocycles. The summed E-state index contributed by atoms with van der Waals surface area (Å²) in [4.78, 5) is 11.9. The fraction of sp³-hybridized carbons (Fsp3) is 0.923. The lowest BCUT2D eigenvalue weighted by atomic mass is 9.89. The Hall–Kier alpha value is -0.0500. The highest BCUT2D eigenvalue weighted by Gasteiger charge is 2.31. The maximum Gasteiger partial charge on any atom is 0.234 e. The molecular weight excluding hydrogens is 266 g/mol. The van der Waals surface area contributed by atoms with Crippen molar-refractivity contribution >= 4 is 21.8 Å². The first kappa shape index (κ1) is 16.0. The SMILES string of the molecule is CC(C)C(NC(=O)C(Br)C(C)(C)C)C(C)C. The Kier molecular flexibility index (Phi) is 6.02. The van der Waals surface area contributed by atoms with Gasteiger partial charge in [0.1, 0.15) is 0 Å². The number of carbonyl (C=O) groups excluding carboxylic acids is 1. The predicted molar refractivity (Wildman–Crippen MR) is 73.8 cm³/mol. The van der Waals surface area contributed by atoms with Crippen LogP contribution in [0.3, 0.4) is 0 Å². The number of amides is 1. The molecule has 2 nitrogen and oxygen atoms in total. The van der Waals surface area contributed by atoms with Gasteiger partial charge in [0, 0.05) is 6.04 Å². The zero-order valence-electron chi connectivity index (χ0n) is 11.6. The highest BCUT2D eigenvalue weighted by molar-refractivity contribution is 9.10. The van der Waals surface area contributed by atoms with Gasteiger partial charge in [-0.2, -0.15) is 0 Å². The Morgan fingerprint density at radius 3 is 1.69 bits per heavy atom. The smallest absolute Gasteiger partial charge is 0.234 e. The van der Waals surface area contributed by atoms with Crippen LogP contribution in [-0.2, 0) is 4.79 Å². The topological polar surface area (TPSA) is 29.1 Å². The molecule has 0 bridgehead atoms. The maximum absolute atomic E-state index is 12.1. The van der Waals surface area contributed by atoms with Crippen LogP contribution in [0.25, 0.3) is 0 Å². The van der Waals surface area contributed by atoms with Crippen molar-refractivity contribution in [1.29, 1.82) is 0 Å². The van der Waals surface area contributed by atoms with E-state index in [2.05, 4.69) is 69.7 Å². The van der Waals surface area contributed by atoms with Gasteiger partial charge in [-0.1, -0.05) is 64.4 Å². The molecule has 0 aromatic rings. The summed E-state index contributed by atoms with van der Waals surface area (Å²) < 4.78 is 0. The van der Waals surface area contributed by atoms with Gasteiger partial charge in [0.15, 0.2) is 0 Å². The molecule has 0 saturated heterocycles. The molecule has 0 heterocycles. The summed E-state index contributed by atoms with van der Waals surface area (Å²) in [6.07, 6.45) is 0. The number of hydrogen-bond donors (Lipinski definition) is 1. The number of rotatable bonds is 4. The highest BCUT2D eigenvalue weighted by Crippen LogP contribution is 2.26. The zero-order chi connectivity index (χ0) is 13.1. The van der Waals surface area contributed by atoms with Crippen LogP contribution in [0.2, 0.25) is 0 Å². The summed E-state index contributed by atoms with van der Waals surface area (Å²) in [6, 6.07) is 0.245. The van der Waals surface area contributed by atoms with E-state index in [0.29, 0.717) is 11.8 Å². The van der Waals surface area contributed by atoms with Crippen LogP contribution in [0.15, 0.2) is 0 Å². The summed E-state index contributed by atoms with van der Waals surface area (Å²) in [5.74, 6) is 1.02. The first-order valence-electron chi connectivity index (χ1n) is 6.01. The summed E-state index contributed by atoms with van der Waals surface area (Å²) in [5.41, 5.74) is -0.0530. The number of hydrogen-bond acceptors (Lipinski definition) is 1. The molecule has 3 heteroatoms. The normalized spacial score (nSPS) is 14.7. The third kappa shape index (κ3) is 4.86. The molecule has 1 unspecified atom stereocenters. The molecule has 0 spiro atoms. The van der Waals surface area contributed by atoms with Gasteiger partial charge in [-0.15, -0.1) is 0 Å². The molecule has 0 rings (SSSR count). The number of carbonyl (C=O) groups is 1. The molecule has 1 amide bonds. The Balaban J connectivity index is 4.54. The van der Waals surface area contributed by atoms with E-state index in [4.69, 9.17) is 0 Å². The van der Waals surface area contributed by atoms with Gasteiger partial charge >= 0.3 is 0 Å². The molecule has 0 aliphatic carbocycles. The first-order valence-corrected chi connectivity index (χ1v) is 6.93. The van der Waals surface area contributed by atoms with Crippen LogP contribution in [-0.4, -0.2) is 16.8 Å². The Labute approximate surface area is 109 Å². The molecule has 0 aliphatic heterocycles. The van der Waals surface area contributed by atoms with Gasteiger partial charge in [0.05, 0.1) is 4.83 Å². The fourth-order valence-electron chi connectivity index (χ4n) is 1.73. The second-order valence-electron chi connectivity index (χ2n) is 6.25. The third-order valence-electron chi connectivity index (χ3n) is 2.74. The summed E-state index contributed by atoms with van der Waals surface area (Å²) >= 11 is 3.48. The van der Waals surface area contributed by atoms with Crippen LogP contribution < -0.4 is 5.32 Å². The van der Waals surface area contributed by atoms with Crippen molar-refractivity contribution in [1.82, 2.24) is 5.32 Å². The number of nitrogens with one attached hydrogen (secondary N) is 1. The van der Waals surface area contributed by atoms with E-state index in [9.17, 15) is 4.79 Å². The van der Waals surface area contributed by atoms with E-state index in [0.717, 1.165) is 0 Å². The van der Waals surface area contributed by atoms with Crippen molar-refractivity contribution in [3.8, 4) is 0 Å². The largest absolute Gasteiger partial charge is 0.352 e. The zero-order valence-corrected chi connectivity index (χ0v) is 13.2. The van der Waals surface area contributed by atoms with E-state index >= 15 is 0 Å². The monoisotopic (exact) mass is 291 g/mol. The Morgan fingerprint density at radius 2 is 1.44 bits per heavy atom. The van der Waals surface area contributed by atoms with Crippen molar-refractivity contribution in [2.75, 3.05) is 0 Å². The van der Waals surface area contributed by atoms with Gasteiger partial charge in [0.2, 0.25) is 5.91 Å². The van der Waals surface area contributed by atoms with Crippen LogP contribution in [0, 0.1) is 17.3 Å². The van der Waals surface area contributed by atoms with E-state index in [1.807, 2.05) is 0 Å². The van der Waals surface area contributed by atoms with Crippen molar-refractivity contribution < 1.29 is 4.79 Å². The van der Waals surface area contributed by atoms with Crippen molar-refractivity contribution in [2.24, 2.45) is 17.3 Å². The van der Waals surface area contributed by atoms with Crippen LogP contribution in [0.1, 0.15) is 48.5 Å². The second kappa shape index (κ2) is 6.04. The molecular formula is C13H26BrNO. The highest BCUT2D eigenvalue weighted by atomic mass is 79.9. The molecule has 0 aliphatic rings. The van der Waals surface area contributed by atoms with Gasteiger partial charge in [-0.25, -0.2) is 0 Å². The standard InChI is InChI=1S/C13H26BrNO/c1-8(2)10(9(3)4)15-12(16)11(14)13(5,6)7/h8-11H,1-7H3,(H,15,16). The van der Waals surface area contributed by atoms with Gasteiger partial charge in [-0.3, -0.25) is 4.79 Å². The minimum absolute atomic E-state index is 0.0530. The van der Waals surface area contributed by atoms with Crippen molar-refractivity contribution in [2.45, 2.75) is 59.3 Å². The van der Waals surface area contributed by atoms with E-state index in [1.54, 1.807) is 0 Å². The number of alkyl halides is 1. The van der Waals surface area contributed by atoms with E-state index in [-0.39, 0.29) is 22.2 Å². The molecule has 1 N–H and O–H groups in total. The molecule has 0 aromatic heterocycles. The predicted octanol–water partition coefficient (Wildman–Crippen LogP) is 3.59. The number of halogens is 1.